The molecule has 25 heavy (non-hydrogen) atoms. The number of nitrogens with one attached hydrogen (secondary N) is 2. The van der Waals surface area contributed by atoms with Gasteiger partial charge in [0.2, 0.25) is 0 Å². The summed E-state index contributed by atoms with van der Waals surface area (Å²) in [6, 6.07) is 10.8. The molecule has 1 heterocycles. The third kappa shape index (κ3) is 5.31. The van der Waals surface area contributed by atoms with Crippen LogP contribution in [0.2, 0.25) is 0 Å². The van der Waals surface area contributed by atoms with E-state index >= 15 is 0 Å². The molecule has 0 saturated heterocycles. The van der Waals surface area contributed by atoms with E-state index < -0.39 is 5.91 Å². The van der Waals surface area contributed by atoms with E-state index in [1.54, 1.807) is 31.2 Å². The molecule has 2 aromatic rings. The highest BCUT2D eigenvalue weighted by molar-refractivity contribution is 5.98. The summed E-state index contributed by atoms with van der Waals surface area (Å²) in [7, 11) is 0. The SMILES string of the molecule is CC(=NNC(=O)CNC(=O)c1ccc(C(C)(C)C)cc1)c1ccco1. The predicted octanol–water partition coefficient (Wildman–Crippen LogP) is 2.85. The van der Waals surface area contributed by atoms with Gasteiger partial charge in [-0.2, -0.15) is 5.10 Å². The quantitative estimate of drug-likeness (QED) is 0.648. The zero-order valence-electron chi connectivity index (χ0n) is 14.9. The maximum absolute atomic E-state index is 12.1. The Bertz CT molecular complexity index is 754. The van der Waals surface area contributed by atoms with E-state index in [-0.39, 0.29) is 17.9 Å². The van der Waals surface area contributed by atoms with Gasteiger partial charge in [-0.05, 0) is 42.2 Å². The first-order chi connectivity index (χ1) is 11.8. The monoisotopic (exact) mass is 341 g/mol. The smallest absolute Gasteiger partial charge is 0.259 e. The summed E-state index contributed by atoms with van der Waals surface area (Å²) in [6.07, 6.45) is 1.53. The van der Waals surface area contributed by atoms with Crippen LogP contribution < -0.4 is 10.7 Å². The third-order valence-corrected chi connectivity index (χ3v) is 3.65. The lowest BCUT2D eigenvalue weighted by Crippen LogP contribution is -2.35. The van der Waals surface area contributed by atoms with Crippen LogP contribution in [0.4, 0.5) is 0 Å². The average molecular weight is 341 g/mol. The van der Waals surface area contributed by atoms with Crippen LogP contribution in [-0.4, -0.2) is 24.1 Å². The molecule has 0 bridgehead atoms. The van der Waals surface area contributed by atoms with Crippen molar-refractivity contribution in [3.05, 3.63) is 59.5 Å². The van der Waals surface area contributed by atoms with Crippen LogP contribution >= 0.6 is 0 Å². The van der Waals surface area contributed by atoms with E-state index in [4.69, 9.17) is 4.42 Å². The molecule has 1 aromatic carbocycles. The minimum atomic E-state index is -0.412. The van der Waals surface area contributed by atoms with Crippen LogP contribution in [-0.2, 0) is 10.2 Å². The van der Waals surface area contributed by atoms with Crippen molar-refractivity contribution in [2.45, 2.75) is 33.1 Å². The molecule has 0 aliphatic carbocycles. The fraction of sp³-hybridized carbons (Fsp3) is 0.316. The van der Waals surface area contributed by atoms with Gasteiger partial charge in [0.1, 0.15) is 11.5 Å². The molecule has 0 unspecified atom stereocenters. The fourth-order valence-electron chi connectivity index (χ4n) is 2.11. The van der Waals surface area contributed by atoms with Gasteiger partial charge in [-0.1, -0.05) is 32.9 Å². The van der Waals surface area contributed by atoms with Gasteiger partial charge in [0.25, 0.3) is 11.8 Å². The summed E-state index contributed by atoms with van der Waals surface area (Å²) in [5, 5.41) is 6.50. The molecule has 0 atom stereocenters. The van der Waals surface area contributed by atoms with Crippen LogP contribution in [0.1, 0.15) is 49.4 Å². The van der Waals surface area contributed by atoms with Crippen molar-refractivity contribution in [1.29, 1.82) is 0 Å². The Morgan fingerprint density at radius 1 is 1.12 bits per heavy atom. The second kappa shape index (κ2) is 7.79. The van der Waals surface area contributed by atoms with Crippen molar-refractivity contribution in [1.82, 2.24) is 10.7 Å². The highest BCUT2D eigenvalue weighted by Gasteiger charge is 2.14. The van der Waals surface area contributed by atoms with E-state index in [9.17, 15) is 9.59 Å². The lowest BCUT2D eigenvalue weighted by Gasteiger charge is -2.19. The Morgan fingerprint density at radius 2 is 1.80 bits per heavy atom. The van der Waals surface area contributed by atoms with E-state index in [2.05, 4.69) is 36.6 Å². The number of amides is 2. The van der Waals surface area contributed by atoms with Crippen LogP contribution in [0.15, 0.2) is 52.2 Å². The maximum Gasteiger partial charge on any atom is 0.259 e. The topological polar surface area (TPSA) is 83.7 Å². The van der Waals surface area contributed by atoms with Gasteiger partial charge >= 0.3 is 0 Å². The minimum Gasteiger partial charge on any atom is -0.463 e. The molecule has 0 fully saturated rings. The van der Waals surface area contributed by atoms with Crippen molar-refractivity contribution in [2.24, 2.45) is 5.10 Å². The number of benzene rings is 1. The van der Waals surface area contributed by atoms with Crippen molar-refractivity contribution in [3.63, 3.8) is 0 Å². The second-order valence-corrected chi connectivity index (χ2v) is 6.72. The Balaban J connectivity index is 1.85. The molecular formula is C19H23N3O3. The van der Waals surface area contributed by atoms with Crippen molar-refractivity contribution in [2.75, 3.05) is 6.54 Å². The minimum absolute atomic E-state index is 0.0265. The number of hydrogen-bond donors (Lipinski definition) is 2. The molecule has 0 spiro atoms. The lowest BCUT2D eigenvalue weighted by molar-refractivity contribution is -0.120. The van der Waals surface area contributed by atoms with Crippen molar-refractivity contribution in [3.8, 4) is 0 Å². The fourth-order valence-corrected chi connectivity index (χ4v) is 2.11. The van der Waals surface area contributed by atoms with Gasteiger partial charge in [-0.25, -0.2) is 5.43 Å². The average Bonchev–Trinajstić information content (AvgIpc) is 3.11. The van der Waals surface area contributed by atoms with Gasteiger partial charge in [0.15, 0.2) is 0 Å². The Morgan fingerprint density at radius 3 is 2.36 bits per heavy atom. The maximum atomic E-state index is 12.1. The number of carbonyl (C=O) groups is 2. The summed E-state index contributed by atoms with van der Waals surface area (Å²) in [4.78, 5) is 23.9. The summed E-state index contributed by atoms with van der Waals surface area (Å²) in [5.74, 6) is -0.142. The van der Waals surface area contributed by atoms with Crippen molar-refractivity contribution < 1.29 is 14.0 Å². The molecule has 2 amide bonds. The Hall–Kier alpha value is -2.89. The summed E-state index contributed by atoms with van der Waals surface area (Å²) < 4.78 is 5.17. The third-order valence-electron chi connectivity index (χ3n) is 3.65. The molecule has 1 aromatic heterocycles. The molecule has 0 aliphatic heterocycles. The standard InChI is InChI=1S/C19H23N3O3/c1-13(16-6-5-11-25-16)21-22-17(23)12-20-18(24)14-7-9-15(10-8-14)19(2,3)4/h5-11H,12H2,1-4H3,(H,20,24)(H,22,23). The first-order valence-corrected chi connectivity index (χ1v) is 8.03. The number of furan rings is 1. The van der Waals surface area contributed by atoms with Crippen LogP contribution in [0, 0.1) is 0 Å². The molecule has 0 radical (unpaired) electrons. The number of nitrogens with zero attached hydrogens (tertiary/aromatic N) is 1. The Labute approximate surface area is 147 Å². The molecule has 6 nitrogen and oxygen atoms in total. The molecular weight excluding hydrogens is 318 g/mol. The number of hydrogen-bond acceptors (Lipinski definition) is 4. The molecule has 0 saturated carbocycles. The summed E-state index contributed by atoms with van der Waals surface area (Å²) in [5.41, 5.74) is 4.60. The normalized spacial score (nSPS) is 11.9. The van der Waals surface area contributed by atoms with E-state index in [1.807, 2.05) is 12.1 Å². The molecule has 6 heteroatoms. The number of hydrazone groups is 1. The van der Waals surface area contributed by atoms with Crippen LogP contribution in [0.3, 0.4) is 0 Å². The highest BCUT2D eigenvalue weighted by Crippen LogP contribution is 2.22. The van der Waals surface area contributed by atoms with Crippen molar-refractivity contribution >= 4 is 17.5 Å². The van der Waals surface area contributed by atoms with E-state index in [0.717, 1.165) is 5.56 Å². The lowest BCUT2D eigenvalue weighted by atomic mass is 9.87. The predicted molar refractivity (Wildman–Crippen MR) is 96.5 cm³/mol. The number of rotatable bonds is 5. The van der Waals surface area contributed by atoms with Gasteiger partial charge < -0.3 is 9.73 Å². The summed E-state index contributed by atoms with van der Waals surface area (Å²) >= 11 is 0. The number of carbonyl (C=O) groups excluding carboxylic acids is 2. The van der Waals surface area contributed by atoms with Gasteiger partial charge in [-0.15, -0.1) is 0 Å². The highest BCUT2D eigenvalue weighted by atomic mass is 16.3. The largest absolute Gasteiger partial charge is 0.463 e. The second-order valence-electron chi connectivity index (χ2n) is 6.72. The zero-order chi connectivity index (χ0) is 18.4. The van der Waals surface area contributed by atoms with Crippen LogP contribution in [0.25, 0.3) is 0 Å². The summed E-state index contributed by atoms with van der Waals surface area (Å²) in [6.45, 7) is 7.89. The molecule has 2 N–H and O–H groups in total. The van der Waals surface area contributed by atoms with Gasteiger partial charge in [0, 0.05) is 5.56 Å². The van der Waals surface area contributed by atoms with Gasteiger partial charge in [-0.3, -0.25) is 9.59 Å². The van der Waals surface area contributed by atoms with Gasteiger partial charge in [0.05, 0.1) is 12.8 Å². The van der Waals surface area contributed by atoms with Crippen LogP contribution in [0.5, 0.6) is 0 Å². The van der Waals surface area contributed by atoms with E-state index in [0.29, 0.717) is 17.0 Å². The Kier molecular flexibility index (Phi) is 5.75. The first kappa shape index (κ1) is 18.4. The molecule has 2 rings (SSSR count). The zero-order valence-corrected chi connectivity index (χ0v) is 14.9. The molecule has 0 aliphatic rings. The van der Waals surface area contributed by atoms with E-state index in [1.165, 1.54) is 6.26 Å². The first-order valence-electron chi connectivity index (χ1n) is 8.03. The molecule has 132 valence electrons.